The molecule has 2 heterocycles. The van der Waals surface area contributed by atoms with Crippen LogP contribution in [-0.2, 0) is 0 Å². The van der Waals surface area contributed by atoms with E-state index in [-0.39, 0.29) is 5.91 Å². The van der Waals surface area contributed by atoms with E-state index >= 15 is 0 Å². The molecule has 2 aromatic carbocycles. The predicted molar refractivity (Wildman–Crippen MR) is 115 cm³/mol. The number of hydrogen-bond donors (Lipinski definition) is 0. The van der Waals surface area contributed by atoms with Gasteiger partial charge < -0.3 is 14.5 Å². The van der Waals surface area contributed by atoms with Crippen molar-refractivity contribution in [3.63, 3.8) is 0 Å². The van der Waals surface area contributed by atoms with E-state index in [4.69, 9.17) is 21.3 Å². The van der Waals surface area contributed by atoms with Gasteiger partial charge in [-0.1, -0.05) is 29.0 Å². The van der Waals surface area contributed by atoms with Crippen LogP contribution in [0, 0.1) is 13.8 Å². The highest BCUT2D eigenvalue weighted by Gasteiger charge is 2.26. The van der Waals surface area contributed by atoms with E-state index in [9.17, 15) is 4.79 Å². The summed E-state index contributed by atoms with van der Waals surface area (Å²) in [6, 6.07) is 9.49. The second-order valence-electron chi connectivity index (χ2n) is 7.05. The van der Waals surface area contributed by atoms with Gasteiger partial charge in [0.25, 0.3) is 5.91 Å². The van der Waals surface area contributed by atoms with Crippen molar-refractivity contribution >= 4 is 44.2 Å². The van der Waals surface area contributed by atoms with Gasteiger partial charge in [0, 0.05) is 31.2 Å². The fourth-order valence-electron chi connectivity index (χ4n) is 3.61. The highest BCUT2D eigenvalue weighted by molar-refractivity contribution is 7.22. The molecule has 0 saturated carbocycles. The van der Waals surface area contributed by atoms with Crippen molar-refractivity contribution in [2.45, 2.75) is 13.8 Å². The molecule has 5 nitrogen and oxygen atoms in total. The van der Waals surface area contributed by atoms with Crippen LogP contribution in [0.15, 0.2) is 30.3 Å². The summed E-state index contributed by atoms with van der Waals surface area (Å²) in [5, 5.41) is 1.55. The number of nitrogens with zero attached hydrogens (tertiary/aromatic N) is 3. The number of carbonyl (C=O) groups excluding carboxylic acids is 1. The summed E-state index contributed by atoms with van der Waals surface area (Å²) in [7, 11) is 1.56. The number of fused-ring (bicyclic) bond motifs is 1. The molecule has 1 aliphatic heterocycles. The summed E-state index contributed by atoms with van der Waals surface area (Å²) < 4.78 is 6.55. The van der Waals surface area contributed by atoms with Crippen LogP contribution >= 0.6 is 22.9 Å². The molecule has 0 atom stereocenters. The van der Waals surface area contributed by atoms with Crippen LogP contribution in [0.25, 0.3) is 10.2 Å². The lowest BCUT2D eigenvalue weighted by Gasteiger charge is -2.34. The Morgan fingerprint density at radius 2 is 1.89 bits per heavy atom. The van der Waals surface area contributed by atoms with E-state index < -0.39 is 0 Å². The lowest BCUT2D eigenvalue weighted by molar-refractivity contribution is 0.0743. The maximum atomic E-state index is 13.0. The molecular weight excluding hydrogens is 394 g/mol. The van der Waals surface area contributed by atoms with E-state index in [1.807, 2.05) is 4.90 Å². The average molecular weight is 416 g/mol. The third-order valence-electron chi connectivity index (χ3n) is 5.05. The summed E-state index contributed by atoms with van der Waals surface area (Å²) in [4.78, 5) is 21.9. The van der Waals surface area contributed by atoms with E-state index in [1.165, 1.54) is 15.8 Å². The van der Waals surface area contributed by atoms with E-state index in [1.54, 1.807) is 36.6 Å². The van der Waals surface area contributed by atoms with Crippen LogP contribution in [0.5, 0.6) is 5.75 Å². The van der Waals surface area contributed by atoms with Crippen molar-refractivity contribution in [2.75, 3.05) is 38.2 Å². The van der Waals surface area contributed by atoms with Gasteiger partial charge in [0.05, 0.1) is 22.9 Å². The Labute approximate surface area is 173 Å². The zero-order chi connectivity index (χ0) is 19.8. The fraction of sp³-hybridized carbons (Fsp3) is 0.333. The van der Waals surface area contributed by atoms with Gasteiger partial charge in [0.1, 0.15) is 5.75 Å². The second kappa shape index (κ2) is 7.60. The highest BCUT2D eigenvalue weighted by Crippen LogP contribution is 2.32. The van der Waals surface area contributed by atoms with Gasteiger partial charge in [-0.15, -0.1) is 0 Å². The second-order valence-corrected chi connectivity index (χ2v) is 8.49. The quantitative estimate of drug-likeness (QED) is 0.630. The van der Waals surface area contributed by atoms with Crippen LogP contribution in [0.2, 0.25) is 5.02 Å². The minimum atomic E-state index is -0.0465. The Bertz CT molecular complexity index is 1040. The summed E-state index contributed by atoms with van der Waals surface area (Å²) in [5.74, 6) is 0.503. The molecule has 146 valence electrons. The molecule has 0 aliphatic carbocycles. The molecule has 7 heteroatoms. The van der Waals surface area contributed by atoms with Crippen LogP contribution in [0.4, 0.5) is 5.13 Å². The summed E-state index contributed by atoms with van der Waals surface area (Å²) in [6.45, 7) is 7.01. The van der Waals surface area contributed by atoms with Gasteiger partial charge in [-0.25, -0.2) is 4.98 Å². The van der Waals surface area contributed by atoms with Crippen LogP contribution in [0.1, 0.15) is 21.5 Å². The number of carbonyl (C=O) groups is 1. The molecule has 0 N–H and O–H groups in total. The zero-order valence-corrected chi connectivity index (χ0v) is 17.7. The Hall–Kier alpha value is -2.31. The first kappa shape index (κ1) is 19.0. The molecule has 4 rings (SSSR count). The number of methoxy groups -OCH3 is 1. The first-order valence-corrected chi connectivity index (χ1v) is 10.4. The summed E-state index contributed by atoms with van der Waals surface area (Å²) >= 11 is 7.80. The topological polar surface area (TPSA) is 45.7 Å². The molecular formula is C21H22ClN3O2S. The normalized spacial score (nSPS) is 14.6. The molecule has 28 heavy (non-hydrogen) atoms. The number of amides is 1. The molecule has 0 radical (unpaired) electrons. The average Bonchev–Trinajstić information content (AvgIpc) is 3.12. The maximum Gasteiger partial charge on any atom is 0.257 e. The first-order chi connectivity index (χ1) is 13.5. The van der Waals surface area contributed by atoms with Gasteiger partial charge in [-0.3, -0.25) is 4.79 Å². The number of rotatable bonds is 3. The SMILES string of the molecule is COc1ccc(Cl)cc1C(=O)N1CCN(c2nc3c(C)cc(C)cc3s2)CC1. The van der Waals surface area contributed by atoms with Crippen molar-refractivity contribution < 1.29 is 9.53 Å². The Morgan fingerprint density at radius 3 is 2.61 bits per heavy atom. The number of thiazole rings is 1. The largest absolute Gasteiger partial charge is 0.496 e. The number of halogens is 1. The maximum absolute atomic E-state index is 13.0. The van der Waals surface area contributed by atoms with Gasteiger partial charge in [-0.2, -0.15) is 0 Å². The van der Waals surface area contributed by atoms with Crippen molar-refractivity contribution in [1.82, 2.24) is 9.88 Å². The monoisotopic (exact) mass is 415 g/mol. The van der Waals surface area contributed by atoms with Gasteiger partial charge >= 0.3 is 0 Å². The lowest BCUT2D eigenvalue weighted by Crippen LogP contribution is -2.48. The standard InChI is InChI=1S/C21H22ClN3O2S/c1-13-10-14(2)19-18(11-13)28-21(23-19)25-8-6-24(7-9-25)20(26)16-12-15(22)4-5-17(16)27-3/h4-5,10-12H,6-9H2,1-3H3. The van der Waals surface area contributed by atoms with Crippen molar-refractivity contribution in [3.8, 4) is 5.75 Å². The van der Waals surface area contributed by atoms with E-state index in [0.717, 1.165) is 23.7 Å². The molecule has 1 aromatic heterocycles. The number of anilines is 1. The summed E-state index contributed by atoms with van der Waals surface area (Å²) in [6.07, 6.45) is 0. The van der Waals surface area contributed by atoms with Crippen molar-refractivity contribution in [3.05, 3.63) is 52.0 Å². The number of aryl methyl sites for hydroxylation is 2. The Balaban J connectivity index is 1.50. The zero-order valence-electron chi connectivity index (χ0n) is 16.2. The number of aromatic nitrogens is 1. The highest BCUT2D eigenvalue weighted by atomic mass is 35.5. The van der Waals surface area contributed by atoms with Crippen LogP contribution in [-0.4, -0.2) is 49.1 Å². The van der Waals surface area contributed by atoms with Gasteiger partial charge in [0.2, 0.25) is 0 Å². The van der Waals surface area contributed by atoms with Crippen molar-refractivity contribution in [2.24, 2.45) is 0 Å². The minimum absolute atomic E-state index is 0.0465. The number of piperazine rings is 1. The number of benzene rings is 2. The van der Waals surface area contributed by atoms with E-state index in [0.29, 0.717) is 29.4 Å². The molecule has 0 bridgehead atoms. The third-order valence-corrected chi connectivity index (χ3v) is 6.35. The third kappa shape index (κ3) is 3.54. The molecule has 3 aromatic rings. The minimum Gasteiger partial charge on any atom is -0.496 e. The fourth-order valence-corrected chi connectivity index (χ4v) is 4.98. The molecule has 1 amide bonds. The van der Waals surface area contributed by atoms with Crippen molar-refractivity contribution in [1.29, 1.82) is 0 Å². The van der Waals surface area contributed by atoms with Crippen LogP contribution in [0.3, 0.4) is 0 Å². The number of ether oxygens (including phenoxy) is 1. The lowest BCUT2D eigenvalue weighted by atomic mass is 10.1. The first-order valence-electron chi connectivity index (χ1n) is 9.22. The van der Waals surface area contributed by atoms with Gasteiger partial charge in [-0.05, 0) is 49.2 Å². The molecule has 1 aliphatic rings. The Morgan fingerprint density at radius 1 is 1.14 bits per heavy atom. The van der Waals surface area contributed by atoms with Crippen LogP contribution < -0.4 is 9.64 Å². The molecule has 1 saturated heterocycles. The number of hydrogen-bond acceptors (Lipinski definition) is 5. The van der Waals surface area contributed by atoms with Gasteiger partial charge in [0.15, 0.2) is 5.13 Å². The molecule has 0 unspecified atom stereocenters. The predicted octanol–water partition coefficient (Wildman–Crippen LogP) is 4.54. The van der Waals surface area contributed by atoms with E-state index in [2.05, 4.69) is 30.9 Å². The smallest absolute Gasteiger partial charge is 0.257 e. The Kier molecular flexibility index (Phi) is 5.17. The molecule has 1 fully saturated rings. The summed E-state index contributed by atoms with van der Waals surface area (Å²) in [5.41, 5.74) is 4.05. The molecule has 0 spiro atoms.